The van der Waals surface area contributed by atoms with E-state index in [2.05, 4.69) is 10.6 Å². The first kappa shape index (κ1) is 12.4. The highest BCUT2D eigenvalue weighted by Gasteiger charge is 2.42. The summed E-state index contributed by atoms with van der Waals surface area (Å²) in [7, 11) is 0. The molecule has 1 aromatic rings. The highest BCUT2D eigenvalue weighted by atomic mass is 19.1. The Hall–Kier alpha value is -1.62. The predicted molar refractivity (Wildman–Crippen MR) is 70.2 cm³/mol. The zero-order chi connectivity index (χ0) is 13.3. The summed E-state index contributed by atoms with van der Waals surface area (Å²) in [6.45, 7) is 3.18. The Labute approximate surface area is 112 Å². The summed E-state index contributed by atoms with van der Waals surface area (Å²) < 4.78 is 12.9. The standard InChI is InChI=1S/C14H18FN3O/c15-12-3-1-11(2-4-12)9-18-10-14(17-13(18)19)5-7-16-8-6-14/h1-4,16H,5-10H2,(H,17,19). The second-order valence-electron chi connectivity index (χ2n) is 5.44. The Morgan fingerprint density at radius 3 is 2.58 bits per heavy atom. The van der Waals surface area contributed by atoms with E-state index in [4.69, 9.17) is 0 Å². The number of halogens is 1. The molecule has 5 heteroatoms. The molecule has 2 heterocycles. The van der Waals surface area contributed by atoms with Crippen LogP contribution in [0, 0.1) is 5.82 Å². The summed E-state index contributed by atoms with van der Waals surface area (Å²) in [5.41, 5.74) is 0.894. The molecule has 19 heavy (non-hydrogen) atoms. The van der Waals surface area contributed by atoms with Gasteiger partial charge in [0.2, 0.25) is 0 Å². The molecule has 2 aliphatic heterocycles. The molecule has 2 fully saturated rings. The fourth-order valence-corrected chi connectivity index (χ4v) is 2.91. The van der Waals surface area contributed by atoms with Crippen molar-refractivity contribution in [2.24, 2.45) is 0 Å². The van der Waals surface area contributed by atoms with Gasteiger partial charge in [0.15, 0.2) is 0 Å². The quantitative estimate of drug-likeness (QED) is 0.848. The van der Waals surface area contributed by atoms with Gasteiger partial charge in [0.05, 0.1) is 5.54 Å². The van der Waals surface area contributed by atoms with Crippen molar-refractivity contribution in [3.63, 3.8) is 0 Å². The van der Waals surface area contributed by atoms with E-state index >= 15 is 0 Å². The van der Waals surface area contributed by atoms with Crippen molar-refractivity contribution in [1.82, 2.24) is 15.5 Å². The van der Waals surface area contributed by atoms with Crippen LogP contribution < -0.4 is 10.6 Å². The molecule has 2 aliphatic rings. The first-order chi connectivity index (χ1) is 9.17. The van der Waals surface area contributed by atoms with Crippen LogP contribution in [0.5, 0.6) is 0 Å². The van der Waals surface area contributed by atoms with Crippen molar-refractivity contribution in [2.75, 3.05) is 19.6 Å². The minimum atomic E-state index is -0.246. The van der Waals surface area contributed by atoms with Crippen LogP contribution in [0.1, 0.15) is 18.4 Å². The van der Waals surface area contributed by atoms with Gasteiger partial charge in [0.25, 0.3) is 0 Å². The van der Waals surface area contributed by atoms with Crippen LogP contribution in [0.25, 0.3) is 0 Å². The molecule has 2 amide bonds. The fraction of sp³-hybridized carbons (Fsp3) is 0.500. The van der Waals surface area contributed by atoms with E-state index in [9.17, 15) is 9.18 Å². The predicted octanol–water partition coefficient (Wildman–Crippen LogP) is 1.47. The highest BCUT2D eigenvalue weighted by Crippen LogP contribution is 2.26. The molecule has 0 saturated carbocycles. The molecule has 1 aromatic carbocycles. The number of amides is 2. The van der Waals surface area contributed by atoms with Gasteiger partial charge in [-0.1, -0.05) is 12.1 Å². The van der Waals surface area contributed by atoms with Gasteiger partial charge >= 0.3 is 6.03 Å². The van der Waals surface area contributed by atoms with E-state index < -0.39 is 0 Å². The fourth-order valence-electron chi connectivity index (χ4n) is 2.91. The number of carbonyl (C=O) groups excluding carboxylic acids is 1. The van der Waals surface area contributed by atoms with Crippen LogP contribution in [0.4, 0.5) is 9.18 Å². The summed E-state index contributed by atoms with van der Waals surface area (Å²) in [6.07, 6.45) is 1.94. The summed E-state index contributed by atoms with van der Waals surface area (Å²) >= 11 is 0. The van der Waals surface area contributed by atoms with Gasteiger partial charge in [-0.25, -0.2) is 9.18 Å². The van der Waals surface area contributed by atoms with Gasteiger partial charge in [-0.15, -0.1) is 0 Å². The molecule has 2 N–H and O–H groups in total. The van der Waals surface area contributed by atoms with Crippen LogP contribution in [-0.2, 0) is 6.54 Å². The third-order valence-corrected chi connectivity index (χ3v) is 4.00. The van der Waals surface area contributed by atoms with Crippen LogP contribution in [0.2, 0.25) is 0 Å². The number of nitrogens with zero attached hydrogens (tertiary/aromatic N) is 1. The Balaban J connectivity index is 1.68. The third-order valence-electron chi connectivity index (χ3n) is 4.00. The summed E-state index contributed by atoms with van der Waals surface area (Å²) in [5.74, 6) is -0.246. The Kier molecular flexibility index (Phi) is 3.14. The van der Waals surface area contributed by atoms with Gasteiger partial charge < -0.3 is 15.5 Å². The molecule has 0 bridgehead atoms. The smallest absolute Gasteiger partial charge is 0.318 e. The average molecular weight is 263 g/mol. The molecular weight excluding hydrogens is 245 g/mol. The minimum absolute atomic E-state index is 0.00812. The summed E-state index contributed by atoms with van der Waals surface area (Å²) in [6, 6.07) is 6.32. The Bertz CT molecular complexity index is 468. The van der Waals surface area contributed by atoms with Crippen LogP contribution >= 0.6 is 0 Å². The molecule has 0 aliphatic carbocycles. The van der Waals surface area contributed by atoms with Crippen molar-refractivity contribution in [3.05, 3.63) is 35.6 Å². The SMILES string of the molecule is O=C1NC2(CCNCC2)CN1Cc1ccc(F)cc1. The molecule has 0 atom stereocenters. The van der Waals surface area contributed by atoms with Crippen LogP contribution in [0.15, 0.2) is 24.3 Å². The summed E-state index contributed by atoms with van der Waals surface area (Å²) in [5, 5.41) is 6.43. The lowest BCUT2D eigenvalue weighted by molar-refractivity contribution is 0.215. The highest BCUT2D eigenvalue weighted by molar-refractivity contribution is 5.78. The van der Waals surface area contributed by atoms with E-state index in [0.717, 1.165) is 38.0 Å². The molecule has 2 saturated heterocycles. The van der Waals surface area contributed by atoms with Gasteiger partial charge in [-0.2, -0.15) is 0 Å². The molecule has 0 radical (unpaired) electrons. The van der Waals surface area contributed by atoms with Crippen molar-refractivity contribution < 1.29 is 9.18 Å². The van der Waals surface area contributed by atoms with Crippen LogP contribution in [-0.4, -0.2) is 36.1 Å². The Morgan fingerprint density at radius 1 is 1.21 bits per heavy atom. The molecule has 1 spiro atoms. The topological polar surface area (TPSA) is 44.4 Å². The maximum absolute atomic E-state index is 12.9. The number of hydrogen-bond donors (Lipinski definition) is 2. The normalized spacial score (nSPS) is 21.7. The molecule has 3 rings (SSSR count). The summed E-state index contributed by atoms with van der Waals surface area (Å²) in [4.78, 5) is 13.9. The van der Waals surface area contributed by atoms with Crippen molar-refractivity contribution in [1.29, 1.82) is 0 Å². The van der Waals surface area contributed by atoms with Crippen molar-refractivity contribution in [2.45, 2.75) is 24.9 Å². The Morgan fingerprint density at radius 2 is 1.89 bits per heavy atom. The maximum Gasteiger partial charge on any atom is 0.318 e. The molecule has 4 nitrogen and oxygen atoms in total. The zero-order valence-corrected chi connectivity index (χ0v) is 10.8. The zero-order valence-electron chi connectivity index (χ0n) is 10.8. The monoisotopic (exact) mass is 263 g/mol. The lowest BCUT2D eigenvalue weighted by Crippen LogP contribution is -2.51. The number of urea groups is 1. The first-order valence-electron chi connectivity index (χ1n) is 6.69. The maximum atomic E-state index is 12.9. The van der Waals surface area contributed by atoms with E-state index in [1.54, 1.807) is 12.1 Å². The van der Waals surface area contributed by atoms with Gasteiger partial charge in [0.1, 0.15) is 5.82 Å². The van der Waals surface area contributed by atoms with Gasteiger partial charge in [0, 0.05) is 13.1 Å². The number of rotatable bonds is 2. The molecule has 0 unspecified atom stereocenters. The minimum Gasteiger partial charge on any atom is -0.331 e. The number of hydrogen-bond acceptors (Lipinski definition) is 2. The van der Waals surface area contributed by atoms with E-state index in [-0.39, 0.29) is 17.4 Å². The second-order valence-corrected chi connectivity index (χ2v) is 5.44. The molecule has 0 aromatic heterocycles. The lowest BCUT2D eigenvalue weighted by atomic mass is 9.89. The van der Waals surface area contributed by atoms with Crippen molar-refractivity contribution >= 4 is 6.03 Å². The van der Waals surface area contributed by atoms with E-state index in [0.29, 0.717) is 6.54 Å². The number of piperidine rings is 1. The van der Waals surface area contributed by atoms with Crippen LogP contribution in [0.3, 0.4) is 0 Å². The largest absolute Gasteiger partial charge is 0.331 e. The van der Waals surface area contributed by atoms with E-state index in [1.807, 2.05) is 4.90 Å². The number of carbonyl (C=O) groups is 1. The third kappa shape index (κ3) is 2.56. The second kappa shape index (κ2) is 4.81. The lowest BCUT2D eigenvalue weighted by Gasteiger charge is -2.33. The molecular formula is C14H18FN3O. The average Bonchev–Trinajstić information content (AvgIpc) is 2.69. The molecule has 102 valence electrons. The van der Waals surface area contributed by atoms with Gasteiger partial charge in [-0.3, -0.25) is 0 Å². The number of benzene rings is 1. The van der Waals surface area contributed by atoms with Crippen molar-refractivity contribution in [3.8, 4) is 0 Å². The van der Waals surface area contributed by atoms with E-state index in [1.165, 1.54) is 12.1 Å². The van der Waals surface area contributed by atoms with Gasteiger partial charge in [-0.05, 0) is 43.6 Å². The number of nitrogens with one attached hydrogen (secondary N) is 2. The first-order valence-corrected chi connectivity index (χ1v) is 6.69.